The van der Waals surface area contributed by atoms with E-state index < -0.39 is 5.97 Å². The van der Waals surface area contributed by atoms with E-state index in [2.05, 4.69) is 5.32 Å². The lowest BCUT2D eigenvalue weighted by Crippen LogP contribution is -2.43. The Bertz CT molecular complexity index is 306. The number of nitrogens with zero attached hydrogens (tertiary/aromatic N) is 1. The minimum atomic E-state index is -0.944. The van der Waals surface area contributed by atoms with Gasteiger partial charge in [0.15, 0.2) is 0 Å². The summed E-state index contributed by atoms with van der Waals surface area (Å²) >= 11 is 1.66. The predicted octanol–water partition coefficient (Wildman–Crippen LogP) is 1.18. The molecule has 2 N–H and O–H groups in total. The van der Waals surface area contributed by atoms with Crippen molar-refractivity contribution in [3.63, 3.8) is 0 Å². The number of hydrogen-bond donors (Lipinski definition) is 2. The summed E-state index contributed by atoms with van der Waals surface area (Å²) in [5.74, 6) is -0.608. The Kier molecular flexibility index (Phi) is 7.23. The molecule has 1 heterocycles. The highest BCUT2D eigenvalue weighted by Gasteiger charge is 2.23. The summed E-state index contributed by atoms with van der Waals surface area (Å²) in [4.78, 5) is 24.5. The molecule has 0 aromatic carbocycles. The summed E-state index contributed by atoms with van der Waals surface area (Å²) in [5, 5.41) is 12.7. The van der Waals surface area contributed by atoms with Gasteiger partial charge in [0, 0.05) is 11.3 Å². The molecule has 1 aliphatic rings. The summed E-state index contributed by atoms with van der Waals surface area (Å²) in [5.41, 5.74) is 0. The molecule has 6 heteroatoms. The van der Waals surface area contributed by atoms with Crippen molar-refractivity contribution in [2.75, 3.05) is 25.4 Å². The smallest absolute Gasteiger partial charge is 0.323 e. The number of carbonyl (C=O) groups excluding carboxylic acids is 1. The molecule has 0 radical (unpaired) electrons. The lowest BCUT2D eigenvalue weighted by molar-refractivity contribution is -0.144. The van der Waals surface area contributed by atoms with E-state index in [0.717, 1.165) is 32.4 Å². The van der Waals surface area contributed by atoms with Gasteiger partial charge in [0.2, 0.25) is 5.91 Å². The van der Waals surface area contributed by atoms with Crippen molar-refractivity contribution < 1.29 is 14.7 Å². The first-order valence-corrected chi connectivity index (χ1v) is 7.93. The maximum Gasteiger partial charge on any atom is 0.323 e. The molecule has 1 aliphatic heterocycles. The van der Waals surface area contributed by atoms with Gasteiger partial charge in [0.1, 0.15) is 6.54 Å². The Morgan fingerprint density at radius 2 is 2.05 bits per heavy atom. The van der Waals surface area contributed by atoms with E-state index in [0.29, 0.717) is 11.0 Å². The van der Waals surface area contributed by atoms with E-state index in [1.165, 1.54) is 4.90 Å². The number of carbonyl (C=O) groups is 2. The molecule has 0 spiro atoms. The second-order valence-electron chi connectivity index (χ2n) is 4.93. The molecule has 1 rings (SSSR count). The molecule has 5 nitrogen and oxygen atoms in total. The van der Waals surface area contributed by atoms with Crippen LogP contribution in [0, 0.1) is 0 Å². The van der Waals surface area contributed by atoms with Crippen molar-refractivity contribution in [3.8, 4) is 0 Å². The lowest BCUT2D eigenvalue weighted by Gasteiger charge is -2.28. The summed E-state index contributed by atoms with van der Waals surface area (Å²) < 4.78 is 0. The summed E-state index contributed by atoms with van der Waals surface area (Å²) in [6.07, 6.45) is 2.94. The number of carboxylic acids is 1. The zero-order valence-corrected chi connectivity index (χ0v) is 12.5. The molecule has 0 saturated carbocycles. The molecule has 1 amide bonds. The fourth-order valence-corrected chi connectivity index (χ4v) is 3.20. The average molecular weight is 288 g/mol. The van der Waals surface area contributed by atoms with Crippen LogP contribution in [0.5, 0.6) is 0 Å². The van der Waals surface area contributed by atoms with Gasteiger partial charge < -0.3 is 15.3 Å². The monoisotopic (exact) mass is 288 g/mol. The van der Waals surface area contributed by atoms with Crippen molar-refractivity contribution >= 4 is 23.6 Å². The van der Waals surface area contributed by atoms with Gasteiger partial charge in [0.25, 0.3) is 0 Å². The molecular weight excluding hydrogens is 264 g/mol. The molecule has 0 aromatic heterocycles. The molecule has 1 atom stereocenters. The van der Waals surface area contributed by atoms with E-state index in [-0.39, 0.29) is 18.5 Å². The van der Waals surface area contributed by atoms with E-state index in [9.17, 15) is 9.59 Å². The molecule has 0 aliphatic carbocycles. The van der Waals surface area contributed by atoms with E-state index in [1.807, 2.05) is 13.8 Å². The summed E-state index contributed by atoms with van der Waals surface area (Å²) in [6.45, 7) is 5.69. The minimum absolute atomic E-state index is 0.0165. The number of nitrogens with one attached hydrogen (secondary N) is 1. The number of hydrogen-bond acceptors (Lipinski definition) is 4. The molecule has 1 fully saturated rings. The largest absolute Gasteiger partial charge is 0.480 e. The number of carboxylic acid groups (broad SMARTS) is 1. The van der Waals surface area contributed by atoms with E-state index in [4.69, 9.17) is 5.11 Å². The first-order valence-electron chi connectivity index (χ1n) is 6.88. The van der Waals surface area contributed by atoms with Crippen LogP contribution >= 0.6 is 11.8 Å². The molecule has 0 aromatic rings. The van der Waals surface area contributed by atoms with E-state index in [1.54, 1.807) is 11.8 Å². The van der Waals surface area contributed by atoms with Gasteiger partial charge >= 0.3 is 5.97 Å². The van der Waals surface area contributed by atoms with E-state index >= 15 is 0 Å². The van der Waals surface area contributed by atoms with Gasteiger partial charge in [-0.15, -0.1) is 11.8 Å². The number of aliphatic carboxylic acids is 1. The van der Waals surface area contributed by atoms with Crippen LogP contribution in [-0.4, -0.2) is 58.6 Å². The highest BCUT2D eigenvalue weighted by molar-refractivity contribution is 8.00. The van der Waals surface area contributed by atoms with Gasteiger partial charge in [-0.3, -0.25) is 9.59 Å². The number of thioether (sulfide) groups is 1. The molecule has 19 heavy (non-hydrogen) atoms. The Labute approximate surface area is 119 Å². The third-order valence-corrected chi connectivity index (χ3v) is 4.83. The van der Waals surface area contributed by atoms with Crippen molar-refractivity contribution in [2.24, 2.45) is 0 Å². The normalized spacial score (nSPS) is 18.0. The van der Waals surface area contributed by atoms with Gasteiger partial charge in [-0.1, -0.05) is 6.92 Å². The highest BCUT2D eigenvalue weighted by Crippen LogP contribution is 2.21. The van der Waals surface area contributed by atoms with Gasteiger partial charge in [0.05, 0.1) is 5.75 Å². The number of amides is 1. The van der Waals surface area contributed by atoms with Crippen molar-refractivity contribution in [1.29, 1.82) is 0 Å². The van der Waals surface area contributed by atoms with Crippen molar-refractivity contribution in [2.45, 2.75) is 44.4 Å². The van der Waals surface area contributed by atoms with Gasteiger partial charge in [-0.2, -0.15) is 0 Å². The van der Waals surface area contributed by atoms with Crippen molar-refractivity contribution in [1.82, 2.24) is 10.2 Å². The lowest BCUT2D eigenvalue weighted by atomic mass is 10.2. The Morgan fingerprint density at radius 3 is 2.58 bits per heavy atom. The van der Waals surface area contributed by atoms with Crippen LogP contribution in [0.3, 0.4) is 0 Å². The third-order valence-electron chi connectivity index (χ3n) is 3.48. The second-order valence-corrected chi connectivity index (χ2v) is 6.22. The molecule has 110 valence electrons. The van der Waals surface area contributed by atoms with Gasteiger partial charge in [-0.05, 0) is 39.3 Å². The molecular formula is C13H24N2O3S. The maximum absolute atomic E-state index is 12.1. The Hall–Kier alpha value is -0.750. The average Bonchev–Trinajstić information content (AvgIpc) is 2.42. The first-order chi connectivity index (χ1) is 9.04. The molecule has 1 saturated heterocycles. The fraction of sp³-hybridized carbons (Fsp3) is 0.846. The number of piperidine rings is 1. The standard InChI is InChI=1S/C13H24N2O3S/c1-3-10(2)15(8-13(17)18)12(16)9-19-11-4-6-14-7-5-11/h10-11,14H,3-9H2,1-2H3,(H,17,18). The minimum Gasteiger partial charge on any atom is -0.480 e. The Morgan fingerprint density at radius 1 is 1.42 bits per heavy atom. The summed E-state index contributed by atoms with van der Waals surface area (Å²) in [6, 6.07) is -0.0165. The SMILES string of the molecule is CCC(C)N(CC(=O)O)C(=O)CSC1CCNCC1. The van der Waals surface area contributed by atoms with Crippen LogP contribution in [-0.2, 0) is 9.59 Å². The van der Waals surface area contributed by atoms with Gasteiger partial charge in [-0.25, -0.2) is 0 Å². The maximum atomic E-state index is 12.1. The van der Waals surface area contributed by atoms with Crippen molar-refractivity contribution in [3.05, 3.63) is 0 Å². The van der Waals surface area contributed by atoms with Crippen LogP contribution in [0.25, 0.3) is 0 Å². The predicted molar refractivity (Wildman–Crippen MR) is 77.5 cm³/mol. The zero-order chi connectivity index (χ0) is 14.3. The zero-order valence-electron chi connectivity index (χ0n) is 11.7. The topological polar surface area (TPSA) is 69.6 Å². The molecule has 0 bridgehead atoms. The van der Waals surface area contributed by atoms with Crippen LogP contribution in [0.4, 0.5) is 0 Å². The fourth-order valence-electron chi connectivity index (χ4n) is 2.09. The molecule has 1 unspecified atom stereocenters. The van der Waals surface area contributed by atoms with Crippen LogP contribution < -0.4 is 5.32 Å². The highest BCUT2D eigenvalue weighted by atomic mass is 32.2. The van der Waals surface area contributed by atoms with Crippen LogP contribution in [0.2, 0.25) is 0 Å². The number of rotatable bonds is 7. The van der Waals surface area contributed by atoms with Crippen LogP contribution in [0.15, 0.2) is 0 Å². The third kappa shape index (κ3) is 5.82. The van der Waals surface area contributed by atoms with Crippen LogP contribution in [0.1, 0.15) is 33.1 Å². The second kappa shape index (κ2) is 8.43. The Balaban J connectivity index is 2.43. The quantitative estimate of drug-likeness (QED) is 0.736. The first kappa shape index (κ1) is 16.3. The summed E-state index contributed by atoms with van der Waals surface area (Å²) in [7, 11) is 0.